The van der Waals surface area contributed by atoms with Crippen molar-refractivity contribution in [2.75, 3.05) is 19.7 Å². The van der Waals surface area contributed by atoms with Crippen molar-refractivity contribution in [1.29, 1.82) is 0 Å². The Kier molecular flexibility index (Phi) is 4.88. The summed E-state index contributed by atoms with van der Waals surface area (Å²) in [5.74, 6) is 0.186. The average Bonchev–Trinajstić information content (AvgIpc) is 2.93. The third kappa shape index (κ3) is 3.52. The van der Waals surface area contributed by atoms with E-state index in [9.17, 15) is 23.1 Å². The fourth-order valence-electron chi connectivity index (χ4n) is 5.05. The molecular weight excluding hydrogens is 383 g/mol. The molecule has 1 atom stereocenters. The molecule has 8 heteroatoms. The van der Waals surface area contributed by atoms with Crippen LogP contribution in [0.3, 0.4) is 0 Å². The van der Waals surface area contributed by atoms with Gasteiger partial charge in [0.25, 0.3) is 0 Å². The molecule has 1 aliphatic carbocycles. The van der Waals surface area contributed by atoms with Gasteiger partial charge >= 0.3 is 6.18 Å². The first-order valence-corrected chi connectivity index (χ1v) is 10.1. The van der Waals surface area contributed by atoms with Crippen molar-refractivity contribution in [3.8, 4) is 0 Å². The number of aliphatic hydroxyl groups excluding tert-OH is 1. The van der Waals surface area contributed by atoms with Crippen LogP contribution >= 0.6 is 0 Å². The van der Waals surface area contributed by atoms with Crippen molar-refractivity contribution < 1.29 is 23.1 Å². The van der Waals surface area contributed by atoms with E-state index in [-0.39, 0.29) is 29.2 Å². The van der Waals surface area contributed by atoms with Gasteiger partial charge in [0.15, 0.2) is 0 Å². The monoisotopic (exact) mass is 409 g/mol. The Labute approximate surface area is 167 Å². The Bertz CT molecular complexity index is 919. The molecule has 158 valence electrons. The summed E-state index contributed by atoms with van der Waals surface area (Å²) in [6.07, 6.45) is 0.108. The first-order valence-electron chi connectivity index (χ1n) is 10.1. The molecule has 1 spiro atoms. The lowest BCUT2D eigenvalue weighted by atomic mass is 9.56. The summed E-state index contributed by atoms with van der Waals surface area (Å²) >= 11 is 0. The highest BCUT2D eigenvalue weighted by Gasteiger charge is 2.53. The summed E-state index contributed by atoms with van der Waals surface area (Å²) in [7, 11) is 1.59. The van der Waals surface area contributed by atoms with Crippen molar-refractivity contribution in [3.63, 3.8) is 0 Å². The Morgan fingerprint density at radius 3 is 2.62 bits per heavy atom. The number of amides is 1. The summed E-state index contributed by atoms with van der Waals surface area (Å²) in [5, 5.41) is 9.43. The maximum absolute atomic E-state index is 13.1. The Morgan fingerprint density at radius 1 is 1.34 bits per heavy atom. The average molecular weight is 409 g/mol. The van der Waals surface area contributed by atoms with E-state index in [1.54, 1.807) is 13.1 Å². The van der Waals surface area contributed by atoms with E-state index < -0.39 is 11.7 Å². The van der Waals surface area contributed by atoms with Crippen LogP contribution < -0.4 is 0 Å². The van der Waals surface area contributed by atoms with Gasteiger partial charge in [0.1, 0.15) is 5.65 Å². The van der Waals surface area contributed by atoms with Crippen LogP contribution in [0.2, 0.25) is 0 Å². The molecule has 3 heterocycles. The van der Waals surface area contributed by atoms with Gasteiger partial charge in [-0.25, -0.2) is 4.98 Å². The van der Waals surface area contributed by atoms with Gasteiger partial charge in [0, 0.05) is 42.8 Å². The smallest absolute Gasteiger partial charge is 0.396 e. The van der Waals surface area contributed by atoms with E-state index in [0.29, 0.717) is 18.0 Å². The van der Waals surface area contributed by atoms with Crippen LogP contribution in [-0.2, 0) is 24.4 Å². The Hall–Kier alpha value is -2.09. The molecule has 5 nitrogen and oxygen atoms in total. The second-order valence-corrected chi connectivity index (χ2v) is 8.79. The largest absolute Gasteiger partial charge is 0.418 e. The summed E-state index contributed by atoms with van der Waals surface area (Å²) in [5.41, 5.74) is 0.709. The van der Waals surface area contributed by atoms with Crippen molar-refractivity contribution in [2.24, 2.45) is 24.3 Å². The molecule has 2 aromatic heterocycles. The summed E-state index contributed by atoms with van der Waals surface area (Å²) < 4.78 is 40.8. The van der Waals surface area contributed by atoms with Crippen LogP contribution in [0.5, 0.6) is 0 Å². The SMILES string of the molecule is CC[C@H](CO)C(=O)N1CC2(CC(Cc3ccc4c(C(F)(F)F)cn(C)c4n3)C2)C1. The number of nitrogens with zero attached hydrogens (tertiary/aromatic N) is 3. The van der Waals surface area contributed by atoms with E-state index >= 15 is 0 Å². The number of aryl methyl sites for hydroxylation is 1. The van der Waals surface area contributed by atoms with Crippen molar-refractivity contribution in [2.45, 2.75) is 38.8 Å². The molecule has 1 N–H and O–H groups in total. The minimum atomic E-state index is -4.39. The third-order valence-electron chi connectivity index (χ3n) is 6.55. The number of halogens is 3. The molecule has 1 saturated carbocycles. The van der Waals surface area contributed by atoms with Crippen LogP contribution in [0.25, 0.3) is 11.0 Å². The zero-order valence-electron chi connectivity index (χ0n) is 16.7. The van der Waals surface area contributed by atoms with Crippen LogP contribution in [0.4, 0.5) is 13.2 Å². The summed E-state index contributed by atoms with van der Waals surface area (Å²) in [6, 6.07) is 3.23. The van der Waals surface area contributed by atoms with Crippen LogP contribution in [-0.4, -0.2) is 45.2 Å². The molecule has 0 unspecified atom stereocenters. The predicted molar refractivity (Wildman–Crippen MR) is 102 cm³/mol. The van der Waals surface area contributed by atoms with Gasteiger partial charge in [-0.3, -0.25) is 4.79 Å². The third-order valence-corrected chi connectivity index (χ3v) is 6.55. The van der Waals surface area contributed by atoms with Crippen LogP contribution in [0.15, 0.2) is 18.3 Å². The molecule has 29 heavy (non-hydrogen) atoms. The number of aromatic nitrogens is 2. The lowest BCUT2D eigenvalue weighted by Gasteiger charge is -2.59. The molecule has 1 aliphatic heterocycles. The zero-order valence-corrected chi connectivity index (χ0v) is 16.7. The lowest BCUT2D eigenvalue weighted by molar-refractivity contribution is -0.160. The predicted octanol–water partition coefficient (Wildman–Crippen LogP) is 3.39. The first-order chi connectivity index (χ1) is 13.7. The molecule has 4 rings (SSSR count). The first kappa shape index (κ1) is 20.2. The normalized spacial score (nSPS) is 20.0. The van der Waals surface area contributed by atoms with Crippen molar-refractivity contribution in [1.82, 2.24) is 14.5 Å². The van der Waals surface area contributed by atoms with Gasteiger partial charge in [-0.2, -0.15) is 13.2 Å². The highest BCUT2D eigenvalue weighted by Crippen LogP contribution is 2.53. The molecule has 2 fully saturated rings. The Balaban J connectivity index is 1.36. The van der Waals surface area contributed by atoms with Gasteiger partial charge in [0.2, 0.25) is 5.91 Å². The fourth-order valence-corrected chi connectivity index (χ4v) is 5.05. The Morgan fingerprint density at radius 2 is 2.03 bits per heavy atom. The van der Waals surface area contributed by atoms with E-state index in [1.807, 2.05) is 11.8 Å². The minimum Gasteiger partial charge on any atom is -0.396 e. The summed E-state index contributed by atoms with van der Waals surface area (Å²) in [6.45, 7) is 3.29. The number of aliphatic hydroxyl groups is 1. The topological polar surface area (TPSA) is 58.4 Å². The maximum atomic E-state index is 13.1. The highest BCUT2D eigenvalue weighted by atomic mass is 19.4. The number of likely N-dealkylation sites (tertiary alicyclic amines) is 1. The van der Waals surface area contributed by atoms with Gasteiger partial charge < -0.3 is 14.6 Å². The van der Waals surface area contributed by atoms with E-state index in [0.717, 1.165) is 44.2 Å². The second kappa shape index (κ2) is 7.00. The molecule has 0 aromatic carbocycles. The van der Waals surface area contributed by atoms with Crippen LogP contribution in [0.1, 0.15) is 37.4 Å². The minimum absolute atomic E-state index is 0.0420. The van der Waals surface area contributed by atoms with Gasteiger partial charge in [0.05, 0.1) is 18.1 Å². The van der Waals surface area contributed by atoms with Gasteiger partial charge in [-0.15, -0.1) is 0 Å². The second-order valence-electron chi connectivity index (χ2n) is 8.79. The fraction of sp³-hybridized carbons (Fsp3) is 0.619. The number of hydrogen-bond acceptors (Lipinski definition) is 3. The van der Waals surface area contributed by atoms with Crippen LogP contribution in [0, 0.1) is 17.3 Å². The maximum Gasteiger partial charge on any atom is 0.418 e. The number of rotatable bonds is 5. The van der Waals surface area contributed by atoms with Gasteiger partial charge in [-0.05, 0) is 43.7 Å². The number of alkyl halides is 3. The molecular formula is C21H26F3N3O2. The number of pyridine rings is 1. The molecule has 2 aromatic rings. The standard InChI is InChI=1S/C21H26F3N3O2/c1-3-14(10-28)19(29)27-11-20(12-27)7-13(8-20)6-15-4-5-16-17(21(22,23)24)9-26(2)18(16)25-15/h4-5,9,13-14,28H,3,6-8,10-12H2,1-2H3/t14-/m1/s1. The van der Waals surface area contributed by atoms with E-state index in [1.165, 1.54) is 10.6 Å². The number of hydrogen-bond donors (Lipinski definition) is 1. The molecule has 1 amide bonds. The summed E-state index contributed by atoms with van der Waals surface area (Å²) in [4.78, 5) is 18.6. The molecule has 0 bridgehead atoms. The lowest BCUT2D eigenvalue weighted by Crippen LogP contribution is -2.64. The number of carbonyl (C=O) groups excluding carboxylic acids is 1. The van der Waals surface area contributed by atoms with Crippen molar-refractivity contribution >= 4 is 16.9 Å². The quantitative estimate of drug-likeness (QED) is 0.824. The number of fused-ring (bicyclic) bond motifs is 1. The van der Waals surface area contributed by atoms with E-state index in [2.05, 4.69) is 4.98 Å². The zero-order chi connectivity index (χ0) is 21.0. The number of carbonyl (C=O) groups is 1. The van der Waals surface area contributed by atoms with Crippen molar-refractivity contribution in [3.05, 3.63) is 29.6 Å². The molecule has 2 aliphatic rings. The highest BCUT2D eigenvalue weighted by molar-refractivity contribution is 5.81. The van der Waals surface area contributed by atoms with E-state index in [4.69, 9.17) is 0 Å². The van der Waals surface area contributed by atoms with Gasteiger partial charge in [-0.1, -0.05) is 6.92 Å². The molecule has 0 radical (unpaired) electrons. The molecule has 1 saturated heterocycles.